The number of nitrogens with zero attached hydrogens (tertiary/aromatic N) is 1. The van der Waals surface area contributed by atoms with Crippen LogP contribution in [-0.2, 0) is 17.6 Å². The Morgan fingerprint density at radius 2 is 2.11 bits per heavy atom. The summed E-state index contributed by atoms with van der Waals surface area (Å²) in [5.74, 6) is -0.0925. The van der Waals surface area contributed by atoms with Crippen LogP contribution < -0.4 is 5.32 Å². The van der Waals surface area contributed by atoms with E-state index in [2.05, 4.69) is 15.5 Å². The molecule has 0 atom stereocenters. The van der Waals surface area contributed by atoms with E-state index in [1.165, 1.54) is 19.3 Å². The third-order valence-corrected chi connectivity index (χ3v) is 3.36. The number of aryl methyl sites for hydroxylation is 1. The molecule has 0 spiro atoms. The molecule has 0 unspecified atom stereocenters. The Hall–Kier alpha value is -1.36. The first kappa shape index (κ1) is 13.1. The van der Waals surface area contributed by atoms with Crippen molar-refractivity contribution in [1.82, 2.24) is 15.5 Å². The quantitative estimate of drug-likeness (QED) is 0.796. The maximum Gasteiger partial charge on any atom is 0.272 e. The number of amides is 1. The highest BCUT2D eigenvalue weighted by Gasteiger charge is 2.19. The summed E-state index contributed by atoms with van der Waals surface area (Å²) in [5, 5.41) is 10.0. The van der Waals surface area contributed by atoms with Crippen LogP contribution in [0, 0.1) is 0 Å². The lowest BCUT2D eigenvalue weighted by atomic mass is 9.97. The fourth-order valence-corrected chi connectivity index (χ4v) is 2.37. The number of H-pyrrole nitrogens is 1. The topological polar surface area (TPSA) is 67.0 Å². The predicted molar refractivity (Wildman–Crippen MR) is 68.7 cm³/mol. The molecule has 2 N–H and O–H groups in total. The molecule has 0 aliphatic heterocycles. The molecule has 0 fully saturated rings. The molecule has 100 valence electrons. The molecule has 18 heavy (non-hydrogen) atoms. The Labute approximate surface area is 107 Å². The average molecular weight is 251 g/mol. The Kier molecular flexibility index (Phi) is 4.75. The Morgan fingerprint density at radius 1 is 1.33 bits per heavy atom. The lowest BCUT2D eigenvalue weighted by Crippen LogP contribution is -2.28. The molecule has 0 saturated carbocycles. The molecule has 1 aliphatic rings. The maximum atomic E-state index is 12.0. The number of methoxy groups -OCH3 is 1. The van der Waals surface area contributed by atoms with E-state index in [9.17, 15) is 4.79 Å². The number of hydrogen-bond acceptors (Lipinski definition) is 3. The molecule has 0 aromatic carbocycles. The van der Waals surface area contributed by atoms with Crippen LogP contribution in [0.2, 0.25) is 0 Å². The van der Waals surface area contributed by atoms with Gasteiger partial charge in [-0.15, -0.1) is 0 Å². The monoisotopic (exact) mass is 251 g/mol. The SMILES string of the molecule is COCCNC(=O)c1n[nH]c2c1CCCCCC2. The summed E-state index contributed by atoms with van der Waals surface area (Å²) in [6, 6.07) is 0. The Bertz CT molecular complexity index is 401. The minimum atomic E-state index is -0.0925. The lowest BCUT2D eigenvalue weighted by Gasteiger charge is -2.10. The van der Waals surface area contributed by atoms with Gasteiger partial charge in [0.25, 0.3) is 5.91 Å². The molecule has 0 bridgehead atoms. The van der Waals surface area contributed by atoms with Crippen LogP contribution >= 0.6 is 0 Å². The molecular weight excluding hydrogens is 230 g/mol. The van der Waals surface area contributed by atoms with Crippen molar-refractivity contribution in [2.24, 2.45) is 0 Å². The summed E-state index contributed by atoms with van der Waals surface area (Å²) in [6.07, 6.45) is 6.81. The summed E-state index contributed by atoms with van der Waals surface area (Å²) in [7, 11) is 1.62. The number of carbonyl (C=O) groups excluding carboxylic acids is 1. The van der Waals surface area contributed by atoms with Gasteiger partial charge < -0.3 is 10.1 Å². The molecule has 5 heteroatoms. The van der Waals surface area contributed by atoms with Crippen molar-refractivity contribution in [2.45, 2.75) is 38.5 Å². The minimum Gasteiger partial charge on any atom is -0.383 e. The number of hydrogen-bond donors (Lipinski definition) is 2. The van der Waals surface area contributed by atoms with Crippen molar-refractivity contribution in [2.75, 3.05) is 20.3 Å². The second-order valence-electron chi connectivity index (χ2n) is 4.69. The number of ether oxygens (including phenoxy) is 1. The van der Waals surface area contributed by atoms with E-state index in [-0.39, 0.29) is 5.91 Å². The van der Waals surface area contributed by atoms with Crippen LogP contribution in [0.3, 0.4) is 0 Å². The Morgan fingerprint density at radius 3 is 2.89 bits per heavy atom. The fourth-order valence-electron chi connectivity index (χ4n) is 2.37. The summed E-state index contributed by atoms with van der Waals surface area (Å²) in [4.78, 5) is 12.0. The Balaban J connectivity index is 2.06. The van der Waals surface area contributed by atoms with Gasteiger partial charge in [-0.3, -0.25) is 9.89 Å². The van der Waals surface area contributed by atoms with Crippen molar-refractivity contribution in [3.63, 3.8) is 0 Å². The molecule has 1 amide bonds. The molecule has 5 nitrogen and oxygen atoms in total. The van der Waals surface area contributed by atoms with Gasteiger partial charge in [-0.25, -0.2) is 0 Å². The standard InChI is InChI=1S/C13H21N3O2/c1-18-9-8-14-13(17)12-10-6-4-2-3-5-7-11(10)15-16-12/h2-9H2,1H3,(H,14,17)(H,15,16). The number of aromatic nitrogens is 2. The van der Waals surface area contributed by atoms with Crippen molar-refractivity contribution < 1.29 is 9.53 Å². The zero-order chi connectivity index (χ0) is 12.8. The summed E-state index contributed by atoms with van der Waals surface area (Å²) in [6.45, 7) is 1.05. The molecular formula is C13H21N3O2. The normalized spacial score (nSPS) is 15.6. The zero-order valence-electron chi connectivity index (χ0n) is 10.9. The highest BCUT2D eigenvalue weighted by molar-refractivity contribution is 5.93. The second-order valence-corrected chi connectivity index (χ2v) is 4.69. The van der Waals surface area contributed by atoms with E-state index in [1.54, 1.807) is 7.11 Å². The smallest absolute Gasteiger partial charge is 0.272 e. The highest BCUT2D eigenvalue weighted by atomic mass is 16.5. The van der Waals surface area contributed by atoms with Gasteiger partial charge in [-0.05, 0) is 25.7 Å². The second kappa shape index (κ2) is 6.54. The third kappa shape index (κ3) is 3.10. The van der Waals surface area contributed by atoms with Crippen molar-refractivity contribution in [1.29, 1.82) is 0 Å². The summed E-state index contributed by atoms with van der Waals surface area (Å²) < 4.78 is 4.92. The number of fused-ring (bicyclic) bond motifs is 1. The van der Waals surface area contributed by atoms with Crippen LogP contribution in [0.4, 0.5) is 0 Å². The first-order valence-electron chi connectivity index (χ1n) is 6.66. The number of aromatic amines is 1. The van der Waals surface area contributed by atoms with Gasteiger partial charge in [0.1, 0.15) is 0 Å². The molecule has 1 aromatic rings. The van der Waals surface area contributed by atoms with E-state index in [1.807, 2.05) is 0 Å². The van der Waals surface area contributed by atoms with Crippen LogP contribution in [0.5, 0.6) is 0 Å². The van der Waals surface area contributed by atoms with E-state index < -0.39 is 0 Å². The van der Waals surface area contributed by atoms with Crippen molar-refractivity contribution in [3.8, 4) is 0 Å². The molecule has 1 aromatic heterocycles. The number of carbonyl (C=O) groups is 1. The third-order valence-electron chi connectivity index (χ3n) is 3.36. The molecule has 1 heterocycles. The van der Waals surface area contributed by atoms with Crippen LogP contribution in [0.1, 0.15) is 47.4 Å². The van der Waals surface area contributed by atoms with E-state index in [0.29, 0.717) is 18.8 Å². The number of nitrogens with one attached hydrogen (secondary N) is 2. The zero-order valence-corrected chi connectivity index (χ0v) is 10.9. The molecule has 0 radical (unpaired) electrons. The first-order valence-corrected chi connectivity index (χ1v) is 6.66. The van der Waals surface area contributed by atoms with Gasteiger partial charge in [0, 0.05) is 24.9 Å². The molecule has 1 aliphatic carbocycles. The van der Waals surface area contributed by atoms with Crippen molar-refractivity contribution in [3.05, 3.63) is 17.0 Å². The van der Waals surface area contributed by atoms with Gasteiger partial charge in [-0.2, -0.15) is 5.10 Å². The first-order chi connectivity index (χ1) is 8.83. The van der Waals surface area contributed by atoms with E-state index in [4.69, 9.17) is 4.74 Å². The van der Waals surface area contributed by atoms with Crippen LogP contribution in [0.15, 0.2) is 0 Å². The minimum absolute atomic E-state index is 0.0925. The largest absolute Gasteiger partial charge is 0.383 e. The summed E-state index contributed by atoms with van der Waals surface area (Å²) >= 11 is 0. The predicted octanol–water partition coefficient (Wildman–Crippen LogP) is 1.44. The fraction of sp³-hybridized carbons (Fsp3) is 0.692. The highest BCUT2D eigenvalue weighted by Crippen LogP contribution is 2.21. The number of rotatable bonds is 4. The van der Waals surface area contributed by atoms with E-state index >= 15 is 0 Å². The van der Waals surface area contributed by atoms with Crippen molar-refractivity contribution >= 4 is 5.91 Å². The van der Waals surface area contributed by atoms with E-state index in [0.717, 1.165) is 30.5 Å². The molecule has 2 rings (SSSR count). The van der Waals surface area contributed by atoms with Gasteiger partial charge >= 0.3 is 0 Å². The van der Waals surface area contributed by atoms with Gasteiger partial charge in [0.15, 0.2) is 5.69 Å². The van der Waals surface area contributed by atoms with Crippen LogP contribution in [-0.4, -0.2) is 36.4 Å². The molecule has 0 saturated heterocycles. The summed E-state index contributed by atoms with van der Waals surface area (Å²) in [5.41, 5.74) is 2.83. The average Bonchev–Trinajstić information content (AvgIpc) is 2.71. The van der Waals surface area contributed by atoms with Gasteiger partial charge in [0.2, 0.25) is 0 Å². The van der Waals surface area contributed by atoms with Crippen LogP contribution in [0.25, 0.3) is 0 Å². The maximum absolute atomic E-state index is 12.0. The van der Waals surface area contributed by atoms with Gasteiger partial charge in [-0.1, -0.05) is 12.8 Å². The van der Waals surface area contributed by atoms with Gasteiger partial charge in [0.05, 0.1) is 6.61 Å². The lowest BCUT2D eigenvalue weighted by molar-refractivity contribution is 0.0931.